The summed E-state index contributed by atoms with van der Waals surface area (Å²) in [6.45, 7) is 3.70. The lowest BCUT2D eigenvalue weighted by Gasteiger charge is -2.19. The fraction of sp³-hybridized carbons (Fsp3) is 0.455. The normalized spacial score (nSPS) is 13.0. The lowest BCUT2D eigenvalue weighted by Crippen LogP contribution is -2.30. The van der Waals surface area contributed by atoms with E-state index in [0.717, 1.165) is 16.4 Å². The van der Waals surface area contributed by atoms with Crippen molar-refractivity contribution in [1.29, 1.82) is 0 Å². The van der Waals surface area contributed by atoms with E-state index in [0.29, 0.717) is 6.07 Å². The summed E-state index contributed by atoms with van der Waals surface area (Å²) < 4.78 is 62.7. The molecule has 0 aliphatic rings. The number of halogens is 3. The van der Waals surface area contributed by atoms with E-state index < -0.39 is 21.8 Å². The van der Waals surface area contributed by atoms with Gasteiger partial charge >= 0.3 is 6.18 Å². The van der Waals surface area contributed by atoms with Gasteiger partial charge in [0.05, 0.1) is 10.5 Å². The number of nitrogens with zero attached hydrogens (tertiary/aromatic N) is 1. The van der Waals surface area contributed by atoms with Gasteiger partial charge in [-0.05, 0) is 18.2 Å². The van der Waals surface area contributed by atoms with Crippen LogP contribution in [0.15, 0.2) is 29.2 Å². The first-order valence-electron chi connectivity index (χ1n) is 5.41. The Kier molecular flexibility index (Phi) is 4.39. The average Bonchev–Trinajstić information content (AvgIpc) is 2.29. The van der Waals surface area contributed by atoms with E-state index in [2.05, 4.69) is 0 Å². The van der Waals surface area contributed by atoms with Crippen molar-refractivity contribution in [3.8, 4) is 0 Å². The van der Waals surface area contributed by atoms with Gasteiger partial charge in [-0.1, -0.05) is 19.9 Å². The highest BCUT2D eigenvalue weighted by atomic mass is 32.2. The Morgan fingerprint density at radius 1 is 1.17 bits per heavy atom. The van der Waals surface area contributed by atoms with Crippen molar-refractivity contribution in [2.75, 3.05) is 13.1 Å². The topological polar surface area (TPSA) is 37.4 Å². The molecule has 0 aliphatic heterocycles. The third-order valence-corrected chi connectivity index (χ3v) is 4.55. The van der Waals surface area contributed by atoms with Crippen molar-refractivity contribution < 1.29 is 21.6 Å². The predicted molar refractivity (Wildman–Crippen MR) is 61.6 cm³/mol. The van der Waals surface area contributed by atoms with E-state index in [1.807, 2.05) is 0 Å². The molecule has 102 valence electrons. The molecule has 0 N–H and O–H groups in total. The number of benzene rings is 1. The maximum absolute atomic E-state index is 12.5. The Hall–Kier alpha value is -1.08. The number of alkyl halides is 3. The van der Waals surface area contributed by atoms with Gasteiger partial charge in [-0.25, -0.2) is 8.42 Å². The van der Waals surface area contributed by atoms with Gasteiger partial charge in [0.15, 0.2) is 0 Å². The standard InChI is InChI=1S/C11H14F3NO2S/c1-3-15(4-2)18(16,17)10-7-5-6-9(8-10)11(12,13)14/h5-8H,3-4H2,1-2H3. The molecule has 0 unspecified atom stereocenters. The highest BCUT2D eigenvalue weighted by Crippen LogP contribution is 2.31. The van der Waals surface area contributed by atoms with Gasteiger partial charge in [-0.15, -0.1) is 0 Å². The number of rotatable bonds is 4. The van der Waals surface area contributed by atoms with Gasteiger partial charge in [-0.2, -0.15) is 17.5 Å². The van der Waals surface area contributed by atoms with Crippen molar-refractivity contribution in [3.63, 3.8) is 0 Å². The van der Waals surface area contributed by atoms with Gasteiger partial charge in [0.2, 0.25) is 10.0 Å². The summed E-state index contributed by atoms with van der Waals surface area (Å²) in [7, 11) is -3.85. The zero-order valence-electron chi connectivity index (χ0n) is 10.0. The predicted octanol–water partition coefficient (Wildman–Crippen LogP) is 2.74. The number of hydrogen-bond donors (Lipinski definition) is 0. The average molecular weight is 281 g/mol. The fourth-order valence-corrected chi connectivity index (χ4v) is 3.05. The zero-order chi connectivity index (χ0) is 14.0. The molecule has 1 aromatic rings. The van der Waals surface area contributed by atoms with Crippen LogP contribution in [0, 0.1) is 0 Å². The zero-order valence-corrected chi connectivity index (χ0v) is 10.8. The Morgan fingerprint density at radius 2 is 1.72 bits per heavy atom. The molecule has 0 atom stereocenters. The van der Waals surface area contributed by atoms with E-state index in [1.54, 1.807) is 13.8 Å². The summed E-state index contributed by atoms with van der Waals surface area (Å²) in [6.07, 6.45) is -4.55. The third kappa shape index (κ3) is 3.02. The van der Waals surface area contributed by atoms with Crippen LogP contribution in [0.3, 0.4) is 0 Å². The van der Waals surface area contributed by atoms with Crippen LogP contribution in [0.5, 0.6) is 0 Å². The van der Waals surface area contributed by atoms with Gasteiger partial charge in [0.25, 0.3) is 0 Å². The molecule has 0 saturated carbocycles. The van der Waals surface area contributed by atoms with Crippen LogP contribution in [0.25, 0.3) is 0 Å². The molecule has 0 bridgehead atoms. The minimum Gasteiger partial charge on any atom is -0.207 e. The van der Waals surface area contributed by atoms with Crippen LogP contribution in [0.4, 0.5) is 13.2 Å². The second kappa shape index (κ2) is 5.27. The maximum Gasteiger partial charge on any atom is 0.416 e. The van der Waals surface area contributed by atoms with Crippen LogP contribution in [0.1, 0.15) is 19.4 Å². The molecule has 18 heavy (non-hydrogen) atoms. The SMILES string of the molecule is CCN(CC)S(=O)(=O)c1cccc(C(F)(F)F)c1. The third-order valence-electron chi connectivity index (χ3n) is 2.50. The summed E-state index contributed by atoms with van der Waals surface area (Å²) in [6, 6.07) is 3.77. The molecule has 0 saturated heterocycles. The Morgan fingerprint density at radius 3 is 2.17 bits per heavy atom. The molecule has 0 amide bonds. The lowest BCUT2D eigenvalue weighted by atomic mass is 10.2. The molecule has 0 aromatic heterocycles. The summed E-state index contributed by atoms with van der Waals surface area (Å²) in [4.78, 5) is -0.332. The highest BCUT2D eigenvalue weighted by molar-refractivity contribution is 7.89. The van der Waals surface area contributed by atoms with Crippen LogP contribution in [0.2, 0.25) is 0 Å². The Bertz CT molecular complexity index is 507. The minimum atomic E-state index is -4.55. The quantitative estimate of drug-likeness (QED) is 0.851. The monoisotopic (exact) mass is 281 g/mol. The lowest BCUT2D eigenvalue weighted by molar-refractivity contribution is -0.137. The second-order valence-electron chi connectivity index (χ2n) is 3.61. The molecule has 1 aromatic carbocycles. The van der Waals surface area contributed by atoms with Gasteiger partial charge in [0, 0.05) is 13.1 Å². The number of sulfonamides is 1. The Balaban J connectivity index is 3.26. The summed E-state index contributed by atoms with van der Waals surface area (Å²) in [5.74, 6) is 0. The van der Waals surface area contributed by atoms with Crippen LogP contribution in [-0.2, 0) is 16.2 Å². The molecule has 0 fully saturated rings. The summed E-state index contributed by atoms with van der Waals surface area (Å²) in [5.41, 5.74) is -0.962. The van der Waals surface area contributed by atoms with Gasteiger partial charge in [-0.3, -0.25) is 0 Å². The highest BCUT2D eigenvalue weighted by Gasteiger charge is 2.32. The molecule has 0 spiro atoms. The van der Waals surface area contributed by atoms with E-state index in [-0.39, 0.29) is 18.0 Å². The molecule has 1 rings (SSSR count). The van der Waals surface area contributed by atoms with Crippen LogP contribution in [-0.4, -0.2) is 25.8 Å². The molecule has 7 heteroatoms. The minimum absolute atomic E-state index is 0.217. The second-order valence-corrected chi connectivity index (χ2v) is 5.55. The molecule has 0 radical (unpaired) electrons. The molecule has 3 nitrogen and oxygen atoms in total. The van der Waals surface area contributed by atoms with Gasteiger partial charge < -0.3 is 0 Å². The van der Waals surface area contributed by atoms with Crippen molar-refractivity contribution in [1.82, 2.24) is 4.31 Å². The smallest absolute Gasteiger partial charge is 0.207 e. The van der Waals surface area contributed by atoms with Crippen LogP contribution >= 0.6 is 0 Å². The first kappa shape index (κ1) is 15.0. The van der Waals surface area contributed by atoms with Crippen molar-refractivity contribution >= 4 is 10.0 Å². The molecular formula is C11H14F3NO2S. The molecule has 0 heterocycles. The number of hydrogen-bond acceptors (Lipinski definition) is 2. The maximum atomic E-state index is 12.5. The van der Waals surface area contributed by atoms with Crippen molar-refractivity contribution in [2.45, 2.75) is 24.9 Å². The largest absolute Gasteiger partial charge is 0.416 e. The first-order chi connectivity index (χ1) is 8.23. The fourth-order valence-electron chi connectivity index (χ4n) is 1.55. The summed E-state index contributed by atoms with van der Waals surface area (Å²) >= 11 is 0. The molecule has 0 aliphatic carbocycles. The first-order valence-corrected chi connectivity index (χ1v) is 6.85. The van der Waals surface area contributed by atoms with Crippen LogP contribution < -0.4 is 0 Å². The molecular weight excluding hydrogens is 267 g/mol. The van der Waals surface area contributed by atoms with E-state index >= 15 is 0 Å². The van der Waals surface area contributed by atoms with Gasteiger partial charge in [0.1, 0.15) is 0 Å². The van der Waals surface area contributed by atoms with E-state index in [1.165, 1.54) is 6.07 Å². The van der Waals surface area contributed by atoms with E-state index in [4.69, 9.17) is 0 Å². The summed E-state index contributed by atoms with van der Waals surface area (Å²) in [5, 5.41) is 0. The Labute approximate surface area is 104 Å². The van der Waals surface area contributed by atoms with E-state index in [9.17, 15) is 21.6 Å². The van der Waals surface area contributed by atoms with Crippen molar-refractivity contribution in [3.05, 3.63) is 29.8 Å². The van der Waals surface area contributed by atoms with Crippen molar-refractivity contribution in [2.24, 2.45) is 0 Å².